The van der Waals surface area contributed by atoms with Gasteiger partial charge in [0.1, 0.15) is 11.4 Å². The smallest absolute Gasteiger partial charge is 0.366 e. The molecule has 0 atom stereocenters. The Morgan fingerprint density at radius 1 is 1.00 bits per heavy atom. The molecule has 28 heavy (non-hydrogen) atoms. The molecule has 0 aliphatic heterocycles. The van der Waals surface area contributed by atoms with Crippen molar-refractivity contribution < 1.29 is 32.4 Å². The number of anilines is 1. The fourth-order valence-electron chi connectivity index (χ4n) is 2.79. The standard InChI is InChI=1S/C19H29NO7S/c1-2-3-4-5-6-7-8-9-14-18(21)20(28(24,25)26)16-12-10-11-13-17(16)27-15-19(22)23/h10-13H,2-9,14-15H2,1H3,(H,22,23)(H,24,25,26). The molecule has 158 valence electrons. The molecular formula is C19H29NO7S. The number of carboxylic acid groups (broad SMARTS) is 1. The number of benzene rings is 1. The van der Waals surface area contributed by atoms with Gasteiger partial charge < -0.3 is 9.84 Å². The summed E-state index contributed by atoms with van der Waals surface area (Å²) >= 11 is 0. The highest BCUT2D eigenvalue weighted by atomic mass is 32.2. The van der Waals surface area contributed by atoms with Gasteiger partial charge in [-0.15, -0.1) is 0 Å². The van der Waals surface area contributed by atoms with Crippen molar-refractivity contribution in [2.75, 3.05) is 10.9 Å². The lowest BCUT2D eigenvalue weighted by Crippen LogP contribution is -2.36. The number of hydrogen-bond acceptors (Lipinski definition) is 5. The summed E-state index contributed by atoms with van der Waals surface area (Å²) in [5.41, 5.74) is -0.212. The first-order valence-electron chi connectivity index (χ1n) is 9.51. The van der Waals surface area contributed by atoms with Crippen molar-refractivity contribution in [3.8, 4) is 5.75 Å². The molecule has 0 spiro atoms. The maximum Gasteiger partial charge on any atom is 0.366 e. The number of aliphatic carboxylic acids is 1. The molecule has 0 bridgehead atoms. The van der Waals surface area contributed by atoms with Crippen LogP contribution < -0.4 is 9.04 Å². The van der Waals surface area contributed by atoms with E-state index in [1.165, 1.54) is 43.5 Å². The van der Waals surface area contributed by atoms with Crippen LogP contribution in [0, 0.1) is 0 Å². The number of carbonyl (C=O) groups is 2. The molecule has 0 saturated heterocycles. The third kappa shape index (κ3) is 8.71. The Balaban J connectivity index is 2.72. The molecule has 0 saturated carbocycles. The maximum atomic E-state index is 12.5. The van der Waals surface area contributed by atoms with E-state index >= 15 is 0 Å². The topological polar surface area (TPSA) is 121 Å². The number of ether oxygens (including phenoxy) is 1. The van der Waals surface area contributed by atoms with Gasteiger partial charge in [0.25, 0.3) is 0 Å². The van der Waals surface area contributed by atoms with Crippen molar-refractivity contribution in [2.24, 2.45) is 0 Å². The number of amides is 1. The summed E-state index contributed by atoms with van der Waals surface area (Å²) in [6.07, 6.45) is 7.99. The van der Waals surface area contributed by atoms with Gasteiger partial charge in [0.15, 0.2) is 6.61 Å². The highest BCUT2D eigenvalue weighted by molar-refractivity contribution is 7.88. The van der Waals surface area contributed by atoms with Crippen molar-refractivity contribution in [3.63, 3.8) is 0 Å². The zero-order valence-corrected chi connectivity index (χ0v) is 17.0. The van der Waals surface area contributed by atoms with Gasteiger partial charge >= 0.3 is 16.3 Å². The highest BCUT2D eigenvalue weighted by Gasteiger charge is 2.29. The normalized spacial score (nSPS) is 11.2. The zero-order chi connectivity index (χ0) is 21.0. The van der Waals surface area contributed by atoms with E-state index in [0.717, 1.165) is 25.7 Å². The van der Waals surface area contributed by atoms with Crippen LogP contribution in [-0.4, -0.2) is 36.6 Å². The van der Waals surface area contributed by atoms with Crippen molar-refractivity contribution >= 4 is 27.9 Å². The molecule has 8 nitrogen and oxygen atoms in total. The zero-order valence-electron chi connectivity index (χ0n) is 16.2. The fraction of sp³-hybridized carbons (Fsp3) is 0.579. The molecule has 1 aromatic rings. The predicted octanol–water partition coefficient (Wildman–Crippen LogP) is 3.82. The molecule has 0 aromatic heterocycles. The van der Waals surface area contributed by atoms with Crippen LogP contribution in [0.2, 0.25) is 0 Å². The maximum absolute atomic E-state index is 12.5. The Morgan fingerprint density at radius 3 is 2.14 bits per heavy atom. The van der Waals surface area contributed by atoms with Crippen LogP contribution in [-0.2, 0) is 19.9 Å². The number of unbranched alkanes of at least 4 members (excludes halogenated alkanes) is 7. The minimum Gasteiger partial charge on any atom is -0.480 e. The Hall–Kier alpha value is -2.13. The largest absolute Gasteiger partial charge is 0.480 e. The van der Waals surface area contributed by atoms with E-state index in [1.807, 2.05) is 0 Å². The first-order chi connectivity index (χ1) is 13.3. The first kappa shape index (κ1) is 23.9. The number of carboxylic acids is 1. The van der Waals surface area contributed by atoms with E-state index in [-0.39, 0.29) is 22.2 Å². The van der Waals surface area contributed by atoms with Crippen molar-refractivity contribution in [3.05, 3.63) is 24.3 Å². The molecule has 0 aliphatic rings. The lowest BCUT2D eigenvalue weighted by atomic mass is 10.1. The second-order valence-corrected chi connectivity index (χ2v) is 7.77. The van der Waals surface area contributed by atoms with Crippen molar-refractivity contribution in [1.82, 2.24) is 0 Å². The number of carbonyl (C=O) groups excluding carboxylic acids is 1. The summed E-state index contributed by atoms with van der Waals surface area (Å²) in [7, 11) is -4.88. The van der Waals surface area contributed by atoms with Crippen LogP contribution in [0.1, 0.15) is 64.7 Å². The number of rotatable bonds is 14. The molecule has 0 aliphatic carbocycles. The Morgan fingerprint density at radius 2 is 1.57 bits per heavy atom. The van der Waals surface area contributed by atoms with E-state index in [1.54, 1.807) is 0 Å². The second kappa shape index (κ2) is 12.4. The number of hydrogen-bond donors (Lipinski definition) is 2. The van der Waals surface area contributed by atoms with Crippen LogP contribution >= 0.6 is 0 Å². The van der Waals surface area contributed by atoms with E-state index in [9.17, 15) is 22.6 Å². The van der Waals surface area contributed by atoms with Crippen LogP contribution in [0.15, 0.2) is 24.3 Å². The summed E-state index contributed by atoms with van der Waals surface area (Å²) < 4.78 is 38.4. The third-order valence-electron chi connectivity index (χ3n) is 4.14. The average molecular weight is 416 g/mol. The summed E-state index contributed by atoms with van der Waals surface area (Å²) in [6, 6.07) is 5.58. The molecule has 0 unspecified atom stereocenters. The van der Waals surface area contributed by atoms with Gasteiger partial charge in [-0.25, -0.2) is 4.79 Å². The quantitative estimate of drug-likeness (QED) is 0.350. The monoisotopic (exact) mass is 415 g/mol. The van der Waals surface area contributed by atoms with E-state index in [2.05, 4.69) is 6.92 Å². The van der Waals surface area contributed by atoms with Gasteiger partial charge in [-0.3, -0.25) is 9.35 Å². The summed E-state index contributed by atoms with van der Waals surface area (Å²) in [5, 5.41) is 8.73. The van der Waals surface area contributed by atoms with Crippen molar-refractivity contribution in [2.45, 2.75) is 64.7 Å². The van der Waals surface area contributed by atoms with Crippen LogP contribution in [0.5, 0.6) is 5.75 Å². The molecule has 9 heteroatoms. The number of para-hydroxylation sites is 2. The summed E-state index contributed by atoms with van der Waals surface area (Å²) in [4.78, 5) is 23.2. The third-order valence-corrected chi connectivity index (χ3v) is 5.00. The Bertz CT molecular complexity index is 734. The molecule has 0 fully saturated rings. The molecule has 1 aromatic carbocycles. The Labute approximate surface area is 166 Å². The van der Waals surface area contributed by atoms with Gasteiger partial charge in [-0.2, -0.15) is 12.7 Å². The SMILES string of the molecule is CCCCCCCCCCC(=O)N(c1ccccc1OCC(=O)O)S(=O)(=O)O. The molecular weight excluding hydrogens is 386 g/mol. The van der Waals surface area contributed by atoms with Crippen LogP contribution in [0.25, 0.3) is 0 Å². The van der Waals surface area contributed by atoms with Crippen LogP contribution in [0.4, 0.5) is 5.69 Å². The lowest BCUT2D eigenvalue weighted by molar-refractivity contribution is -0.139. The second-order valence-electron chi connectivity index (χ2n) is 6.51. The first-order valence-corrected chi connectivity index (χ1v) is 10.9. The minimum atomic E-state index is -4.88. The van der Waals surface area contributed by atoms with Gasteiger partial charge in [0.2, 0.25) is 5.91 Å². The summed E-state index contributed by atoms with van der Waals surface area (Å²) in [5.74, 6) is -2.16. The molecule has 1 rings (SSSR count). The minimum absolute atomic E-state index is 0.0536. The van der Waals surface area contributed by atoms with Gasteiger partial charge in [0, 0.05) is 6.42 Å². The van der Waals surface area contributed by atoms with E-state index in [0.29, 0.717) is 6.42 Å². The number of nitrogens with zero attached hydrogens (tertiary/aromatic N) is 1. The van der Waals surface area contributed by atoms with Crippen LogP contribution in [0.3, 0.4) is 0 Å². The molecule has 0 heterocycles. The Kier molecular flexibility index (Phi) is 10.5. The molecule has 2 N–H and O–H groups in total. The van der Waals surface area contributed by atoms with Gasteiger partial charge in [0.05, 0.1) is 0 Å². The fourth-order valence-corrected chi connectivity index (χ4v) is 3.53. The average Bonchev–Trinajstić information content (AvgIpc) is 2.62. The lowest BCUT2D eigenvalue weighted by Gasteiger charge is -2.21. The van der Waals surface area contributed by atoms with E-state index in [4.69, 9.17) is 9.84 Å². The molecule has 0 radical (unpaired) electrons. The molecule has 1 amide bonds. The van der Waals surface area contributed by atoms with E-state index < -0.39 is 28.8 Å². The van der Waals surface area contributed by atoms with Gasteiger partial charge in [-0.05, 0) is 18.6 Å². The van der Waals surface area contributed by atoms with Gasteiger partial charge in [-0.1, -0.05) is 64.0 Å². The van der Waals surface area contributed by atoms with Crippen molar-refractivity contribution in [1.29, 1.82) is 0 Å². The summed E-state index contributed by atoms with van der Waals surface area (Å²) in [6.45, 7) is 1.44. The highest BCUT2D eigenvalue weighted by Crippen LogP contribution is 2.30. The predicted molar refractivity (Wildman–Crippen MR) is 106 cm³/mol.